The molecule has 100 valence electrons. The molecule has 1 aromatic carbocycles. The molecule has 0 aliphatic heterocycles. The number of benzene rings is 1. The molecule has 0 radical (unpaired) electrons. The molecule has 0 unspecified atom stereocenters. The molecule has 0 bridgehead atoms. The molecule has 1 rings (SSSR count). The number of anilines is 1. The standard InChI is InChI=1S/C14H7N5O2/c1-8(20)11-2-9(4-15)12(3-14(11)21)19-13(7-18)10(5-16)6-17/h2-3,19,21H,1H3. The first-order chi connectivity index (χ1) is 9.98. The molecule has 0 aromatic heterocycles. The topological polar surface area (TPSA) is 144 Å². The van der Waals surface area contributed by atoms with Crippen LogP contribution in [0.3, 0.4) is 0 Å². The summed E-state index contributed by atoms with van der Waals surface area (Å²) < 4.78 is 0. The lowest BCUT2D eigenvalue weighted by Gasteiger charge is -2.09. The Morgan fingerprint density at radius 2 is 1.76 bits per heavy atom. The third kappa shape index (κ3) is 3.15. The number of hydrogen-bond acceptors (Lipinski definition) is 7. The Bertz CT molecular complexity index is 794. The zero-order valence-electron chi connectivity index (χ0n) is 10.8. The van der Waals surface area contributed by atoms with Gasteiger partial charge in [0, 0.05) is 6.07 Å². The summed E-state index contributed by atoms with van der Waals surface area (Å²) in [5.74, 6) is -0.807. The average Bonchev–Trinajstić information content (AvgIpc) is 2.47. The summed E-state index contributed by atoms with van der Waals surface area (Å²) in [6.07, 6.45) is 0. The summed E-state index contributed by atoms with van der Waals surface area (Å²) in [6, 6.07) is 8.74. The summed E-state index contributed by atoms with van der Waals surface area (Å²) in [4.78, 5) is 11.3. The minimum Gasteiger partial charge on any atom is -0.507 e. The number of Topliss-reactive ketones (excluding diaryl/α,β-unsaturated/α-hetero) is 1. The molecule has 0 amide bonds. The summed E-state index contributed by atoms with van der Waals surface area (Å²) in [5, 5.41) is 47.6. The Labute approximate surface area is 120 Å². The minimum atomic E-state index is -0.462. The highest BCUT2D eigenvalue weighted by molar-refractivity contribution is 5.98. The molecule has 0 spiro atoms. The van der Waals surface area contributed by atoms with Crippen molar-refractivity contribution in [2.45, 2.75) is 6.92 Å². The van der Waals surface area contributed by atoms with Crippen molar-refractivity contribution >= 4 is 11.5 Å². The highest BCUT2D eigenvalue weighted by Crippen LogP contribution is 2.27. The average molecular weight is 277 g/mol. The van der Waals surface area contributed by atoms with E-state index in [0.29, 0.717) is 0 Å². The fourth-order valence-electron chi connectivity index (χ4n) is 1.48. The number of nitrogens with one attached hydrogen (secondary N) is 1. The van der Waals surface area contributed by atoms with Gasteiger partial charge in [0.1, 0.15) is 35.7 Å². The van der Waals surface area contributed by atoms with E-state index < -0.39 is 11.4 Å². The van der Waals surface area contributed by atoms with Crippen molar-refractivity contribution in [3.63, 3.8) is 0 Å². The van der Waals surface area contributed by atoms with Crippen LogP contribution in [0, 0.1) is 45.3 Å². The predicted octanol–water partition coefficient (Wildman–Crippen LogP) is 1.70. The van der Waals surface area contributed by atoms with Crippen molar-refractivity contribution in [1.82, 2.24) is 0 Å². The first-order valence-corrected chi connectivity index (χ1v) is 5.48. The molecule has 7 nitrogen and oxygen atoms in total. The zero-order valence-corrected chi connectivity index (χ0v) is 10.8. The number of aromatic hydroxyl groups is 1. The smallest absolute Gasteiger partial charge is 0.163 e. The molecular weight excluding hydrogens is 270 g/mol. The molecule has 1 aromatic rings. The third-order valence-electron chi connectivity index (χ3n) is 2.48. The molecule has 0 atom stereocenters. The van der Waals surface area contributed by atoms with Crippen LogP contribution in [0.2, 0.25) is 0 Å². The number of hydrogen-bond donors (Lipinski definition) is 2. The molecule has 21 heavy (non-hydrogen) atoms. The van der Waals surface area contributed by atoms with Crippen molar-refractivity contribution < 1.29 is 9.90 Å². The molecule has 0 aliphatic rings. The summed E-state index contributed by atoms with van der Waals surface area (Å²) >= 11 is 0. The molecule has 7 heteroatoms. The Kier molecular flexibility index (Phi) is 4.64. The summed E-state index contributed by atoms with van der Waals surface area (Å²) in [6.45, 7) is 1.23. The van der Waals surface area contributed by atoms with Gasteiger partial charge in [-0.25, -0.2) is 0 Å². The lowest BCUT2D eigenvalue weighted by atomic mass is 10.0. The number of allylic oxidation sites excluding steroid dienone is 2. The van der Waals surface area contributed by atoms with Crippen molar-refractivity contribution in [1.29, 1.82) is 21.0 Å². The highest BCUT2D eigenvalue weighted by Gasteiger charge is 2.14. The van der Waals surface area contributed by atoms with E-state index in [-0.39, 0.29) is 28.3 Å². The van der Waals surface area contributed by atoms with Gasteiger partial charge < -0.3 is 10.4 Å². The number of phenols is 1. The van der Waals surface area contributed by atoms with Crippen LogP contribution in [0.25, 0.3) is 0 Å². The summed E-state index contributed by atoms with van der Waals surface area (Å²) in [7, 11) is 0. The maximum Gasteiger partial charge on any atom is 0.163 e. The van der Waals surface area contributed by atoms with Crippen LogP contribution in [-0.2, 0) is 0 Å². The largest absolute Gasteiger partial charge is 0.507 e. The van der Waals surface area contributed by atoms with Crippen molar-refractivity contribution in [3.05, 3.63) is 34.5 Å². The lowest BCUT2D eigenvalue weighted by molar-refractivity contribution is 0.101. The van der Waals surface area contributed by atoms with Crippen LogP contribution in [0.15, 0.2) is 23.4 Å². The first-order valence-electron chi connectivity index (χ1n) is 5.48. The number of nitriles is 4. The van der Waals surface area contributed by atoms with E-state index >= 15 is 0 Å². The van der Waals surface area contributed by atoms with E-state index in [1.54, 1.807) is 12.1 Å². The quantitative estimate of drug-likeness (QED) is 0.631. The van der Waals surface area contributed by atoms with Gasteiger partial charge >= 0.3 is 0 Å². The van der Waals surface area contributed by atoms with Gasteiger partial charge in [-0.05, 0) is 13.0 Å². The summed E-state index contributed by atoms with van der Waals surface area (Å²) in [5.41, 5.74) is -0.857. The van der Waals surface area contributed by atoms with Gasteiger partial charge in [0.05, 0.1) is 16.8 Å². The maximum absolute atomic E-state index is 11.3. The van der Waals surface area contributed by atoms with Gasteiger partial charge in [-0.3, -0.25) is 4.79 Å². The number of nitrogens with zero attached hydrogens (tertiary/aromatic N) is 4. The fraction of sp³-hybridized carbons (Fsp3) is 0.0714. The van der Waals surface area contributed by atoms with Gasteiger partial charge in [0.2, 0.25) is 0 Å². The van der Waals surface area contributed by atoms with Crippen LogP contribution in [0.5, 0.6) is 5.75 Å². The van der Waals surface area contributed by atoms with Crippen LogP contribution in [-0.4, -0.2) is 10.9 Å². The number of phenolic OH excluding ortho intramolecular Hbond substituents is 1. The van der Waals surface area contributed by atoms with Crippen LogP contribution < -0.4 is 5.32 Å². The molecule has 0 saturated carbocycles. The van der Waals surface area contributed by atoms with Crippen LogP contribution in [0.1, 0.15) is 22.8 Å². The van der Waals surface area contributed by atoms with Crippen molar-refractivity contribution in [2.24, 2.45) is 0 Å². The Balaban J connectivity index is 3.45. The van der Waals surface area contributed by atoms with E-state index in [9.17, 15) is 9.90 Å². The van der Waals surface area contributed by atoms with Gasteiger partial charge in [-0.2, -0.15) is 21.0 Å². The fourth-order valence-corrected chi connectivity index (χ4v) is 1.48. The van der Waals surface area contributed by atoms with E-state index in [1.807, 2.05) is 0 Å². The minimum absolute atomic E-state index is 0.0130. The Morgan fingerprint density at radius 3 is 2.19 bits per heavy atom. The van der Waals surface area contributed by atoms with Crippen LogP contribution >= 0.6 is 0 Å². The van der Waals surface area contributed by atoms with E-state index in [2.05, 4.69) is 5.32 Å². The second kappa shape index (κ2) is 6.38. The highest BCUT2D eigenvalue weighted by atomic mass is 16.3. The third-order valence-corrected chi connectivity index (χ3v) is 2.48. The molecule has 0 aliphatic carbocycles. The Hall–Kier alpha value is -3.81. The Morgan fingerprint density at radius 1 is 1.14 bits per heavy atom. The first kappa shape index (κ1) is 15.2. The van der Waals surface area contributed by atoms with E-state index in [0.717, 1.165) is 12.1 Å². The van der Waals surface area contributed by atoms with Crippen molar-refractivity contribution in [3.8, 4) is 30.0 Å². The predicted molar refractivity (Wildman–Crippen MR) is 70.3 cm³/mol. The maximum atomic E-state index is 11.3. The number of carbonyl (C=O) groups is 1. The van der Waals surface area contributed by atoms with E-state index in [4.69, 9.17) is 21.0 Å². The second-order valence-electron chi connectivity index (χ2n) is 3.79. The van der Waals surface area contributed by atoms with Gasteiger partial charge in [0.25, 0.3) is 0 Å². The number of rotatable bonds is 3. The van der Waals surface area contributed by atoms with Gasteiger partial charge in [-0.15, -0.1) is 0 Å². The zero-order chi connectivity index (χ0) is 16.0. The molecule has 2 N–H and O–H groups in total. The van der Waals surface area contributed by atoms with Gasteiger partial charge in [-0.1, -0.05) is 0 Å². The lowest BCUT2D eigenvalue weighted by Crippen LogP contribution is -2.04. The van der Waals surface area contributed by atoms with E-state index in [1.165, 1.54) is 19.1 Å². The monoisotopic (exact) mass is 277 g/mol. The number of carbonyl (C=O) groups excluding carboxylic acids is 1. The van der Waals surface area contributed by atoms with Gasteiger partial charge in [0.15, 0.2) is 11.4 Å². The number of ketones is 1. The van der Waals surface area contributed by atoms with Crippen molar-refractivity contribution in [2.75, 3.05) is 5.32 Å². The normalized spacial score (nSPS) is 8.43. The van der Waals surface area contributed by atoms with Crippen LogP contribution in [0.4, 0.5) is 5.69 Å². The molecule has 0 saturated heterocycles. The molecular formula is C14H7N5O2. The second-order valence-corrected chi connectivity index (χ2v) is 3.79. The SMILES string of the molecule is CC(=O)c1cc(C#N)c(NC(C#N)=C(C#N)C#N)cc1O. The molecule has 0 fully saturated rings. The molecule has 0 heterocycles.